The Labute approximate surface area is 170 Å². The number of thiophene rings is 1. The highest BCUT2D eigenvalue weighted by atomic mass is 32.1. The first-order valence-electron chi connectivity index (χ1n) is 8.60. The van der Waals surface area contributed by atoms with Crippen molar-refractivity contribution in [3.63, 3.8) is 0 Å². The van der Waals surface area contributed by atoms with Crippen LogP contribution in [0.4, 0.5) is 5.00 Å². The van der Waals surface area contributed by atoms with Gasteiger partial charge in [-0.25, -0.2) is 19.3 Å². The number of para-hydroxylation sites is 1. The molecule has 0 saturated carbocycles. The van der Waals surface area contributed by atoms with Gasteiger partial charge in [0.1, 0.15) is 15.4 Å². The topological polar surface area (TPSA) is 103 Å². The molecule has 29 heavy (non-hydrogen) atoms. The van der Waals surface area contributed by atoms with Crippen molar-refractivity contribution in [3.05, 3.63) is 67.9 Å². The van der Waals surface area contributed by atoms with Gasteiger partial charge in [-0.2, -0.15) is 0 Å². The third-order valence-electron chi connectivity index (χ3n) is 4.33. The fraction of sp³-hybridized carbons (Fsp3) is 0.200. The van der Waals surface area contributed by atoms with Crippen LogP contribution in [0, 0.1) is 13.8 Å². The molecule has 8 nitrogen and oxygen atoms in total. The summed E-state index contributed by atoms with van der Waals surface area (Å²) in [6.07, 6.45) is 1.38. The number of hydrogen-bond donors (Lipinski definition) is 1. The number of aryl methyl sites for hydroxylation is 1. The van der Waals surface area contributed by atoms with Gasteiger partial charge in [0.05, 0.1) is 25.5 Å². The summed E-state index contributed by atoms with van der Waals surface area (Å²) in [5.41, 5.74) is 1.96. The molecule has 0 atom stereocenters. The van der Waals surface area contributed by atoms with Crippen molar-refractivity contribution >= 4 is 34.5 Å². The lowest BCUT2D eigenvalue weighted by Gasteiger charge is -2.00. The number of benzene rings is 1. The first kappa shape index (κ1) is 20.3. The smallest absolute Gasteiger partial charge is 0.348 e. The van der Waals surface area contributed by atoms with Crippen LogP contribution in [0.1, 0.15) is 36.9 Å². The minimum Gasteiger partial charge on any atom is -0.465 e. The summed E-state index contributed by atoms with van der Waals surface area (Å²) in [5.74, 6) is -1.18. The summed E-state index contributed by atoms with van der Waals surface area (Å²) in [7, 11) is 2.51. The number of esters is 2. The van der Waals surface area contributed by atoms with E-state index in [1.807, 2.05) is 18.2 Å². The molecule has 3 rings (SSSR count). The first-order valence-corrected chi connectivity index (χ1v) is 9.41. The number of H-pyrrole nitrogens is 1. The molecule has 0 spiro atoms. The molecular formula is C20H19N3O5S. The van der Waals surface area contributed by atoms with Gasteiger partial charge in [-0.1, -0.05) is 18.2 Å². The highest BCUT2D eigenvalue weighted by Crippen LogP contribution is 2.36. The lowest BCUT2D eigenvalue weighted by Crippen LogP contribution is -2.17. The van der Waals surface area contributed by atoms with Crippen molar-refractivity contribution < 1.29 is 19.1 Å². The molecule has 2 heterocycles. The van der Waals surface area contributed by atoms with E-state index in [-0.39, 0.29) is 21.0 Å². The van der Waals surface area contributed by atoms with Crippen LogP contribution in [0.25, 0.3) is 5.69 Å². The number of aromatic amines is 1. The van der Waals surface area contributed by atoms with Crippen LogP contribution >= 0.6 is 11.3 Å². The first-order chi connectivity index (χ1) is 13.9. The van der Waals surface area contributed by atoms with Gasteiger partial charge >= 0.3 is 11.9 Å². The second-order valence-electron chi connectivity index (χ2n) is 6.10. The zero-order valence-corrected chi connectivity index (χ0v) is 17.1. The molecule has 0 aliphatic rings. The Morgan fingerprint density at radius 2 is 1.76 bits per heavy atom. The molecule has 1 N–H and O–H groups in total. The largest absolute Gasteiger partial charge is 0.465 e. The fourth-order valence-corrected chi connectivity index (χ4v) is 3.87. The number of nitrogens with one attached hydrogen (secondary N) is 1. The number of ether oxygens (including phenoxy) is 2. The molecule has 2 aromatic heterocycles. The number of carbonyl (C=O) groups excluding carboxylic acids is 2. The Kier molecular flexibility index (Phi) is 5.79. The van der Waals surface area contributed by atoms with Gasteiger partial charge in [0, 0.05) is 11.9 Å². The molecule has 0 bridgehead atoms. The van der Waals surface area contributed by atoms with Crippen LogP contribution in [0.5, 0.6) is 0 Å². The van der Waals surface area contributed by atoms with Gasteiger partial charge in [-0.3, -0.25) is 9.89 Å². The number of methoxy groups -OCH3 is 2. The minimum absolute atomic E-state index is 0.172. The Bertz CT molecular complexity index is 1150. The van der Waals surface area contributed by atoms with Crippen LogP contribution in [0.3, 0.4) is 0 Å². The predicted octanol–water partition coefficient (Wildman–Crippen LogP) is 3.17. The van der Waals surface area contributed by atoms with E-state index in [1.165, 1.54) is 25.1 Å². The molecule has 150 valence electrons. The molecule has 0 radical (unpaired) electrons. The number of rotatable bonds is 5. The normalized spacial score (nSPS) is 11.0. The molecule has 0 fully saturated rings. The summed E-state index contributed by atoms with van der Waals surface area (Å²) < 4.78 is 11.0. The number of carbonyl (C=O) groups is 2. The summed E-state index contributed by atoms with van der Waals surface area (Å²) in [4.78, 5) is 41.6. The lowest BCUT2D eigenvalue weighted by molar-refractivity contribution is 0.0601. The van der Waals surface area contributed by atoms with E-state index in [0.717, 1.165) is 11.3 Å². The Hall–Kier alpha value is -3.46. The van der Waals surface area contributed by atoms with Crippen LogP contribution in [0.15, 0.2) is 40.1 Å². The molecule has 0 unspecified atom stereocenters. The van der Waals surface area contributed by atoms with E-state index >= 15 is 0 Å². The molecule has 0 aliphatic heterocycles. The second kappa shape index (κ2) is 8.27. The van der Waals surface area contributed by atoms with Gasteiger partial charge in [-0.05, 0) is 31.5 Å². The number of aliphatic imine (C=N–C) groups is 1. The summed E-state index contributed by atoms with van der Waals surface area (Å²) >= 11 is 1.00. The van der Waals surface area contributed by atoms with Gasteiger partial charge in [0.15, 0.2) is 0 Å². The Morgan fingerprint density at radius 3 is 2.38 bits per heavy atom. The van der Waals surface area contributed by atoms with Crippen molar-refractivity contribution in [2.45, 2.75) is 13.8 Å². The maximum atomic E-state index is 12.8. The van der Waals surface area contributed by atoms with Gasteiger partial charge in [-0.15, -0.1) is 11.3 Å². The average molecular weight is 413 g/mol. The molecule has 3 aromatic rings. The van der Waals surface area contributed by atoms with E-state index in [4.69, 9.17) is 9.47 Å². The van der Waals surface area contributed by atoms with Crippen LogP contribution in [0.2, 0.25) is 0 Å². The quantitative estimate of drug-likeness (QED) is 0.511. The number of hydrogen-bond acceptors (Lipinski definition) is 7. The minimum atomic E-state index is -0.617. The average Bonchev–Trinajstić information content (AvgIpc) is 3.21. The Morgan fingerprint density at radius 1 is 1.10 bits per heavy atom. The maximum absolute atomic E-state index is 12.8. The van der Waals surface area contributed by atoms with Gasteiger partial charge < -0.3 is 9.47 Å². The Balaban J connectivity index is 2.07. The van der Waals surface area contributed by atoms with Crippen LogP contribution < -0.4 is 5.56 Å². The van der Waals surface area contributed by atoms with E-state index < -0.39 is 11.9 Å². The molecule has 0 saturated heterocycles. The van der Waals surface area contributed by atoms with E-state index in [2.05, 4.69) is 10.1 Å². The van der Waals surface area contributed by atoms with E-state index in [0.29, 0.717) is 22.5 Å². The molecule has 9 heteroatoms. The molecule has 0 aliphatic carbocycles. The van der Waals surface area contributed by atoms with Crippen molar-refractivity contribution in [3.8, 4) is 5.69 Å². The third kappa shape index (κ3) is 3.77. The summed E-state index contributed by atoms with van der Waals surface area (Å²) in [5, 5.41) is 3.27. The zero-order valence-electron chi connectivity index (χ0n) is 16.3. The summed E-state index contributed by atoms with van der Waals surface area (Å²) in [6.45, 7) is 3.38. The van der Waals surface area contributed by atoms with Gasteiger partial charge in [0.25, 0.3) is 5.56 Å². The number of nitrogens with zero attached hydrogens (tertiary/aromatic N) is 2. The molecule has 0 amide bonds. The van der Waals surface area contributed by atoms with Gasteiger partial charge in [0.2, 0.25) is 0 Å². The monoisotopic (exact) mass is 413 g/mol. The molecule has 1 aromatic carbocycles. The zero-order chi connectivity index (χ0) is 21.1. The fourth-order valence-electron chi connectivity index (χ4n) is 2.81. The highest BCUT2D eigenvalue weighted by molar-refractivity contribution is 7.18. The summed E-state index contributed by atoms with van der Waals surface area (Å²) in [6, 6.07) is 9.13. The van der Waals surface area contributed by atoms with E-state index in [9.17, 15) is 14.4 Å². The van der Waals surface area contributed by atoms with Crippen LogP contribution in [-0.4, -0.2) is 42.2 Å². The van der Waals surface area contributed by atoms with Crippen molar-refractivity contribution in [1.82, 2.24) is 9.78 Å². The predicted molar refractivity (Wildman–Crippen MR) is 110 cm³/mol. The van der Waals surface area contributed by atoms with Crippen molar-refractivity contribution in [2.75, 3.05) is 14.2 Å². The maximum Gasteiger partial charge on any atom is 0.348 e. The highest BCUT2D eigenvalue weighted by Gasteiger charge is 2.25. The number of aromatic nitrogens is 2. The SMILES string of the molecule is COC(=O)c1sc(N=Cc2c(C)[nH]n(-c3ccccc3)c2=O)c(C(=O)OC)c1C. The second-order valence-corrected chi connectivity index (χ2v) is 7.10. The standard InChI is InChI=1S/C20H19N3O5S/c1-11-15(19(25)27-3)17(29-16(11)20(26)28-4)21-10-14-12(2)22-23(18(14)24)13-8-6-5-7-9-13/h5-10,22H,1-4H3. The van der Waals surface area contributed by atoms with Crippen molar-refractivity contribution in [2.24, 2.45) is 4.99 Å². The van der Waals surface area contributed by atoms with Crippen molar-refractivity contribution in [1.29, 1.82) is 0 Å². The lowest BCUT2D eigenvalue weighted by atomic mass is 10.1. The third-order valence-corrected chi connectivity index (χ3v) is 5.51. The van der Waals surface area contributed by atoms with E-state index in [1.54, 1.807) is 26.0 Å². The molecular weight excluding hydrogens is 394 g/mol. The van der Waals surface area contributed by atoms with Crippen LogP contribution in [-0.2, 0) is 9.47 Å².